The number of carbonyl (C=O) groups is 3. The first-order valence-corrected chi connectivity index (χ1v) is 3.35. The zero-order valence-electron chi connectivity index (χ0n) is 6.67. The molecule has 1 rings (SSSR count). The van der Waals surface area contributed by atoms with Gasteiger partial charge in [-0.3, -0.25) is 4.57 Å². The molecular weight excluding hydrogens is 194 g/mol. The maximum absolute atomic E-state index is 10.5. The van der Waals surface area contributed by atoms with Crippen molar-refractivity contribution < 1.29 is 29.7 Å². The Morgan fingerprint density at radius 1 is 0.929 bits per heavy atom. The lowest BCUT2D eigenvalue weighted by Gasteiger charge is -1.89. The van der Waals surface area contributed by atoms with Gasteiger partial charge in [0.1, 0.15) is 0 Å². The predicted molar refractivity (Wildman–Crippen MR) is 41.8 cm³/mol. The van der Waals surface area contributed by atoms with Crippen LogP contribution in [0.2, 0.25) is 0 Å². The fourth-order valence-corrected chi connectivity index (χ4v) is 0.906. The van der Waals surface area contributed by atoms with Gasteiger partial charge >= 0.3 is 18.0 Å². The van der Waals surface area contributed by atoms with Crippen molar-refractivity contribution in [2.24, 2.45) is 0 Å². The molecule has 0 saturated heterocycles. The van der Waals surface area contributed by atoms with Gasteiger partial charge in [-0.15, -0.1) is 0 Å². The zero-order valence-corrected chi connectivity index (χ0v) is 6.67. The van der Waals surface area contributed by atoms with Gasteiger partial charge < -0.3 is 15.3 Å². The Kier molecular flexibility index (Phi) is 2.24. The standard InChI is InChI=1S/C7H5NO6/c9-5(10)3-1-8(7(13)14)2-4(3)6(11)12/h1-2H,(H,9,10)(H,11,12)(H,13,14). The molecule has 0 aliphatic rings. The predicted octanol–water partition coefficient (Wildman–Crippen LogP) is 0.411. The van der Waals surface area contributed by atoms with Crippen molar-refractivity contribution in [1.82, 2.24) is 4.57 Å². The number of aromatic carboxylic acids is 2. The van der Waals surface area contributed by atoms with Crippen molar-refractivity contribution in [3.8, 4) is 0 Å². The summed E-state index contributed by atoms with van der Waals surface area (Å²) in [5.74, 6) is -2.97. The van der Waals surface area contributed by atoms with E-state index in [9.17, 15) is 14.4 Å². The summed E-state index contributed by atoms with van der Waals surface area (Å²) in [5, 5.41) is 25.5. The largest absolute Gasteiger partial charge is 0.478 e. The number of hydrogen-bond acceptors (Lipinski definition) is 3. The zero-order chi connectivity index (χ0) is 10.9. The highest BCUT2D eigenvalue weighted by Gasteiger charge is 2.20. The van der Waals surface area contributed by atoms with Crippen molar-refractivity contribution in [2.75, 3.05) is 0 Å². The fraction of sp³-hybridized carbons (Fsp3) is 0. The molecule has 0 aliphatic carbocycles. The molecule has 0 aliphatic heterocycles. The molecule has 0 aromatic carbocycles. The normalized spacial score (nSPS) is 9.71. The van der Waals surface area contributed by atoms with Crippen LogP contribution in [0.5, 0.6) is 0 Å². The molecule has 14 heavy (non-hydrogen) atoms. The van der Waals surface area contributed by atoms with Gasteiger partial charge in [0.25, 0.3) is 0 Å². The average Bonchev–Trinajstić information content (AvgIpc) is 2.47. The topological polar surface area (TPSA) is 117 Å². The molecule has 1 aromatic heterocycles. The van der Waals surface area contributed by atoms with Gasteiger partial charge in [-0.1, -0.05) is 0 Å². The minimum Gasteiger partial charge on any atom is -0.478 e. The molecule has 0 amide bonds. The number of hydrogen-bond donors (Lipinski definition) is 3. The summed E-state index contributed by atoms with van der Waals surface area (Å²) in [6, 6.07) is 0. The molecule has 0 fully saturated rings. The lowest BCUT2D eigenvalue weighted by atomic mass is 10.2. The molecule has 0 saturated carbocycles. The minimum atomic E-state index is -1.48. The Morgan fingerprint density at radius 2 is 1.29 bits per heavy atom. The SMILES string of the molecule is O=C(O)c1cn(C(=O)O)cc1C(=O)O. The lowest BCUT2D eigenvalue weighted by Crippen LogP contribution is -2.04. The second-order valence-corrected chi connectivity index (χ2v) is 2.39. The summed E-state index contributed by atoms with van der Waals surface area (Å²) < 4.78 is 0.479. The van der Waals surface area contributed by atoms with Gasteiger partial charge in [0.05, 0.1) is 11.1 Å². The van der Waals surface area contributed by atoms with E-state index in [1.165, 1.54) is 0 Å². The Bertz CT molecular complexity index is 386. The summed E-state index contributed by atoms with van der Waals surface area (Å²) in [5.41, 5.74) is -1.11. The van der Waals surface area contributed by atoms with Crippen molar-refractivity contribution in [3.63, 3.8) is 0 Å². The van der Waals surface area contributed by atoms with Crippen LogP contribution in [0.25, 0.3) is 0 Å². The van der Waals surface area contributed by atoms with E-state index < -0.39 is 29.2 Å². The van der Waals surface area contributed by atoms with E-state index in [0.29, 0.717) is 4.57 Å². The van der Waals surface area contributed by atoms with Crippen LogP contribution in [0, 0.1) is 0 Å². The first-order valence-electron chi connectivity index (χ1n) is 3.35. The maximum atomic E-state index is 10.5. The lowest BCUT2D eigenvalue weighted by molar-refractivity contribution is 0.0653. The molecule has 3 N–H and O–H groups in total. The van der Waals surface area contributed by atoms with E-state index >= 15 is 0 Å². The highest BCUT2D eigenvalue weighted by Crippen LogP contribution is 2.10. The second-order valence-electron chi connectivity index (χ2n) is 2.39. The van der Waals surface area contributed by atoms with Crippen LogP contribution in [0.1, 0.15) is 20.7 Å². The molecule has 7 nitrogen and oxygen atoms in total. The Morgan fingerprint density at radius 3 is 1.50 bits per heavy atom. The third-order valence-corrected chi connectivity index (χ3v) is 1.51. The van der Waals surface area contributed by atoms with E-state index in [1.54, 1.807) is 0 Å². The molecule has 7 heteroatoms. The van der Waals surface area contributed by atoms with Crippen LogP contribution < -0.4 is 0 Å². The smallest absolute Gasteiger partial charge is 0.415 e. The number of aromatic nitrogens is 1. The molecular formula is C7H5NO6. The van der Waals surface area contributed by atoms with E-state index in [2.05, 4.69) is 0 Å². The quantitative estimate of drug-likeness (QED) is 0.634. The molecule has 0 spiro atoms. The first kappa shape index (κ1) is 9.78. The van der Waals surface area contributed by atoms with E-state index in [4.69, 9.17) is 15.3 Å². The molecule has 0 atom stereocenters. The molecule has 0 radical (unpaired) electrons. The minimum absolute atomic E-state index is 0.479. The van der Waals surface area contributed by atoms with E-state index in [1.807, 2.05) is 0 Å². The van der Waals surface area contributed by atoms with E-state index in [0.717, 1.165) is 12.4 Å². The molecule has 1 aromatic rings. The van der Waals surface area contributed by atoms with Crippen LogP contribution in [0.3, 0.4) is 0 Å². The van der Waals surface area contributed by atoms with E-state index in [-0.39, 0.29) is 0 Å². The molecule has 74 valence electrons. The third-order valence-electron chi connectivity index (χ3n) is 1.51. The van der Waals surface area contributed by atoms with Gasteiger partial charge in [-0.25, -0.2) is 14.4 Å². The van der Waals surface area contributed by atoms with Gasteiger partial charge in [0.15, 0.2) is 0 Å². The number of nitrogens with zero attached hydrogens (tertiary/aromatic N) is 1. The monoisotopic (exact) mass is 199 g/mol. The number of carboxylic acid groups (broad SMARTS) is 3. The van der Waals surface area contributed by atoms with Crippen LogP contribution in [0.15, 0.2) is 12.4 Å². The fourth-order valence-electron chi connectivity index (χ4n) is 0.906. The van der Waals surface area contributed by atoms with Crippen LogP contribution >= 0.6 is 0 Å². The highest BCUT2D eigenvalue weighted by atomic mass is 16.4. The number of carboxylic acids is 2. The van der Waals surface area contributed by atoms with Crippen LogP contribution in [-0.4, -0.2) is 37.9 Å². The Hall–Kier alpha value is -2.31. The first-order chi connectivity index (χ1) is 6.43. The second kappa shape index (κ2) is 3.21. The van der Waals surface area contributed by atoms with Crippen molar-refractivity contribution in [2.45, 2.75) is 0 Å². The van der Waals surface area contributed by atoms with Gasteiger partial charge in [0, 0.05) is 12.4 Å². The average molecular weight is 199 g/mol. The van der Waals surface area contributed by atoms with Gasteiger partial charge in [0.2, 0.25) is 0 Å². The maximum Gasteiger partial charge on any atom is 0.415 e. The third kappa shape index (κ3) is 1.56. The summed E-state index contributed by atoms with van der Waals surface area (Å²) in [6.07, 6.45) is 0.0161. The summed E-state index contributed by atoms with van der Waals surface area (Å²) in [7, 11) is 0. The molecule has 1 heterocycles. The molecule has 0 bridgehead atoms. The Balaban J connectivity index is 3.33. The number of rotatable bonds is 2. The van der Waals surface area contributed by atoms with Crippen molar-refractivity contribution >= 4 is 18.0 Å². The van der Waals surface area contributed by atoms with Gasteiger partial charge in [-0.05, 0) is 0 Å². The van der Waals surface area contributed by atoms with Crippen molar-refractivity contribution in [3.05, 3.63) is 23.5 Å². The summed E-state index contributed by atoms with van der Waals surface area (Å²) >= 11 is 0. The molecule has 0 unspecified atom stereocenters. The van der Waals surface area contributed by atoms with Crippen LogP contribution in [0.4, 0.5) is 4.79 Å². The highest BCUT2D eigenvalue weighted by molar-refractivity contribution is 6.02. The Labute approximate surface area is 76.8 Å². The summed E-state index contributed by atoms with van der Waals surface area (Å²) in [6.45, 7) is 0. The summed E-state index contributed by atoms with van der Waals surface area (Å²) in [4.78, 5) is 31.4. The van der Waals surface area contributed by atoms with Crippen LogP contribution in [-0.2, 0) is 0 Å². The van der Waals surface area contributed by atoms with Crippen molar-refractivity contribution in [1.29, 1.82) is 0 Å². The van der Waals surface area contributed by atoms with Gasteiger partial charge in [-0.2, -0.15) is 0 Å².